The van der Waals surface area contributed by atoms with Crippen LogP contribution in [0.25, 0.3) is 0 Å². The number of amidine groups is 1. The number of nitrogens with zero attached hydrogens (tertiary/aromatic N) is 1. The highest BCUT2D eigenvalue weighted by atomic mass is 35.5. The second-order valence-corrected chi connectivity index (χ2v) is 4.98. The van der Waals surface area contributed by atoms with Crippen LogP contribution in [-0.2, 0) is 5.41 Å². The lowest BCUT2D eigenvalue weighted by Crippen LogP contribution is -2.47. The number of hydrogen-bond donors (Lipinski definition) is 1. The molecular weight excluding hydrogens is 220 g/mol. The van der Waals surface area contributed by atoms with Gasteiger partial charge in [0, 0.05) is 11.6 Å². The van der Waals surface area contributed by atoms with Gasteiger partial charge in [-0.15, -0.1) is 0 Å². The van der Waals surface area contributed by atoms with Crippen LogP contribution in [0.4, 0.5) is 0 Å². The average Bonchev–Trinajstić information content (AvgIpc) is 2.73. The Labute approximate surface area is 101 Å². The molecule has 0 radical (unpaired) electrons. The Morgan fingerprint density at radius 1 is 1.25 bits per heavy atom. The Bertz CT molecular complexity index is 435. The van der Waals surface area contributed by atoms with Crippen LogP contribution in [0, 0.1) is 0 Å². The van der Waals surface area contributed by atoms with Crippen molar-refractivity contribution in [1.82, 2.24) is 5.32 Å². The van der Waals surface area contributed by atoms with Gasteiger partial charge in [-0.2, -0.15) is 0 Å². The molecule has 2 aliphatic rings. The van der Waals surface area contributed by atoms with Gasteiger partial charge in [0.1, 0.15) is 5.84 Å². The van der Waals surface area contributed by atoms with E-state index < -0.39 is 0 Å². The van der Waals surface area contributed by atoms with Gasteiger partial charge in [-0.05, 0) is 24.5 Å². The molecule has 1 saturated carbocycles. The second-order valence-electron chi connectivity index (χ2n) is 4.57. The number of nitrogens with one attached hydrogen (secondary N) is 1. The molecule has 0 spiro atoms. The van der Waals surface area contributed by atoms with Crippen LogP contribution < -0.4 is 5.32 Å². The first kappa shape index (κ1) is 10.2. The molecule has 1 aromatic carbocycles. The smallest absolute Gasteiger partial charge is 0.107 e. The summed E-state index contributed by atoms with van der Waals surface area (Å²) in [6.45, 7) is 1.88. The number of halogens is 1. The molecule has 0 atom stereocenters. The fourth-order valence-corrected chi connectivity index (χ4v) is 3.05. The summed E-state index contributed by atoms with van der Waals surface area (Å²) >= 11 is 6.32. The van der Waals surface area contributed by atoms with Crippen molar-refractivity contribution < 1.29 is 0 Å². The third-order valence-corrected chi connectivity index (χ3v) is 4.05. The summed E-state index contributed by atoms with van der Waals surface area (Å²) in [6.07, 6.45) is 3.61. The topological polar surface area (TPSA) is 24.4 Å². The SMILES string of the molecule is Clc1ccccc1C1(C2=NCCN2)CCC1. The van der Waals surface area contributed by atoms with Gasteiger partial charge in [0.25, 0.3) is 0 Å². The molecule has 0 saturated heterocycles. The predicted octanol–water partition coefficient (Wildman–Crippen LogP) is 2.76. The van der Waals surface area contributed by atoms with Crippen molar-refractivity contribution in [3.63, 3.8) is 0 Å². The van der Waals surface area contributed by atoms with E-state index in [1.807, 2.05) is 12.1 Å². The van der Waals surface area contributed by atoms with Gasteiger partial charge in [-0.25, -0.2) is 0 Å². The fraction of sp³-hybridized carbons (Fsp3) is 0.462. The van der Waals surface area contributed by atoms with Crippen LogP contribution in [0.1, 0.15) is 24.8 Å². The minimum absolute atomic E-state index is 0.0921. The second kappa shape index (κ2) is 3.77. The molecule has 1 aliphatic carbocycles. The predicted molar refractivity (Wildman–Crippen MR) is 67.3 cm³/mol. The van der Waals surface area contributed by atoms with Gasteiger partial charge >= 0.3 is 0 Å². The summed E-state index contributed by atoms with van der Waals surface area (Å²) in [5, 5.41) is 4.29. The van der Waals surface area contributed by atoms with Crippen molar-refractivity contribution in [3.8, 4) is 0 Å². The minimum atomic E-state index is 0.0921. The van der Waals surface area contributed by atoms with Gasteiger partial charge in [0.2, 0.25) is 0 Å². The van der Waals surface area contributed by atoms with E-state index in [-0.39, 0.29) is 5.41 Å². The number of benzene rings is 1. The Kier molecular flexibility index (Phi) is 2.40. The summed E-state index contributed by atoms with van der Waals surface area (Å²) < 4.78 is 0. The largest absolute Gasteiger partial charge is 0.371 e. The monoisotopic (exact) mass is 234 g/mol. The molecule has 0 unspecified atom stereocenters. The molecule has 1 heterocycles. The van der Waals surface area contributed by atoms with Gasteiger partial charge in [-0.3, -0.25) is 4.99 Å². The number of aliphatic imine (C=N–C) groups is 1. The van der Waals surface area contributed by atoms with Crippen LogP contribution in [-0.4, -0.2) is 18.9 Å². The van der Waals surface area contributed by atoms with Crippen molar-refractivity contribution >= 4 is 17.4 Å². The third kappa shape index (κ3) is 1.36. The van der Waals surface area contributed by atoms with Crippen LogP contribution in [0.3, 0.4) is 0 Å². The Morgan fingerprint density at radius 3 is 2.62 bits per heavy atom. The van der Waals surface area contributed by atoms with E-state index >= 15 is 0 Å². The molecule has 2 nitrogen and oxygen atoms in total. The van der Waals surface area contributed by atoms with E-state index in [1.54, 1.807) is 0 Å². The summed E-state index contributed by atoms with van der Waals surface area (Å²) in [7, 11) is 0. The first-order chi connectivity index (χ1) is 7.83. The molecular formula is C13H15ClN2. The maximum atomic E-state index is 6.32. The average molecular weight is 235 g/mol. The van der Waals surface area contributed by atoms with Crippen LogP contribution in [0.5, 0.6) is 0 Å². The van der Waals surface area contributed by atoms with Gasteiger partial charge in [0.15, 0.2) is 0 Å². The highest BCUT2D eigenvalue weighted by Gasteiger charge is 2.45. The molecule has 16 heavy (non-hydrogen) atoms. The highest BCUT2D eigenvalue weighted by molar-refractivity contribution is 6.31. The van der Waals surface area contributed by atoms with E-state index in [9.17, 15) is 0 Å². The quantitative estimate of drug-likeness (QED) is 0.836. The van der Waals surface area contributed by atoms with Crippen LogP contribution in [0.2, 0.25) is 5.02 Å². The molecule has 3 heteroatoms. The molecule has 0 bridgehead atoms. The van der Waals surface area contributed by atoms with Crippen LogP contribution in [0.15, 0.2) is 29.3 Å². The van der Waals surface area contributed by atoms with Gasteiger partial charge in [-0.1, -0.05) is 36.2 Å². The van der Waals surface area contributed by atoms with Crippen molar-refractivity contribution in [2.24, 2.45) is 4.99 Å². The van der Waals surface area contributed by atoms with Crippen LogP contribution >= 0.6 is 11.6 Å². The van der Waals surface area contributed by atoms with Crippen molar-refractivity contribution in [2.75, 3.05) is 13.1 Å². The first-order valence-corrected chi connectivity index (χ1v) is 6.24. The van der Waals surface area contributed by atoms with E-state index in [0.717, 1.165) is 23.9 Å². The zero-order valence-corrected chi connectivity index (χ0v) is 9.93. The van der Waals surface area contributed by atoms with Crippen molar-refractivity contribution in [2.45, 2.75) is 24.7 Å². The first-order valence-electron chi connectivity index (χ1n) is 5.87. The molecule has 0 amide bonds. The lowest BCUT2D eigenvalue weighted by Gasteiger charge is -2.42. The van der Waals surface area contributed by atoms with E-state index in [0.29, 0.717) is 0 Å². The standard InChI is InChI=1S/C13H15ClN2/c14-11-5-2-1-4-10(11)13(6-3-7-13)12-15-8-9-16-12/h1-2,4-5H,3,6-9H2,(H,15,16). The normalized spacial score (nSPS) is 22.2. The van der Waals surface area contributed by atoms with Gasteiger partial charge in [0.05, 0.1) is 12.0 Å². The number of hydrogen-bond acceptors (Lipinski definition) is 2. The highest BCUT2D eigenvalue weighted by Crippen LogP contribution is 2.47. The summed E-state index contributed by atoms with van der Waals surface area (Å²) in [6, 6.07) is 8.18. The van der Waals surface area contributed by atoms with E-state index in [1.165, 1.54) is 24.8 Å². The van der Waals surface area contributed by atoms with Crippen molar-refractivity contribution in [3.05, 3.63) is 34.9 Å². The molecule has 3 rings (SSSR count). The summed E-state index contributed by atoms with van der Waals surface area (Å²) in [5.74, 6) is 1.16. The lowest BCUT2D eigenvalue weighted by atomic mass is 9.63. The zero-order chi connectivity index (χ0) is 11.0. The molecule has 1 fully saturated rings. The fourth-order valence-electron chi connectivity index (χ4n) is 2.73. The lowest BCUT2D eigenvalue weighted by molar-refractivity contribution is 0.335. The Hall–Kier alpha value is -1.02. The summed E-state index contributed by atoms with van der Waals surface area (Å²) in [4.78, 5) is 4.59. The van der Waals surface area contributed by atoms with Crippen molar-refractivity contribution in [1.29, 1.82) is 0 Å². The van der Waals surface area contributed by atoms with E-state index in [4.69, 9.17) is 11.6 Å². The minimum Gasteiger partial charge on any atom is -0.371 e. The Morgan fingerprint density at radius 2 is 2.06 bits per heavy atom. The molecule has 84 valence electrons. The maximum Gasteiger partial charge on any atom is 0.107 e. The number of rotatable bonds is 2. The summed E-state index contributed by atoms with van der Waals surface area (Å²) in [5.41, 5.74) is 1.34. The third-order valence-electron chi connectivity index (χ3n) is 3.72. The van der Waals surface area contributed by atoms with Gasteiger partial charge < -0.3 is 5.32 Å². The molecule has 1 aliphatic heterocycles. The Balaban J connectivity index is 2.05. The van der Waals surface area contributed by atoms with E-state index in [2.05, 4.69) is 22.4 Å². The maximum absolute atomic E-state index is 6.32. The molecule has 1 N–H and O–H groups in total. The zero-order valence-electron chi connectivity index (χ0n) is 9.17. The molecule has 1 aromatic rings. The molecule has 0 aromatic heterocycles.